The summed E-state index contributed by atoms with van der Waals surface area (Å²) >= 11 is 6.95. The van der Waals surface area contributed by atoms with Crippen molar-refractivity contribution in [3.05, 3.63) is 92.9 Å². The molecule has 1 saturated heterocycles. The fraction of sp³-hybridized carbons (Fsp3) is 0.241. The summed E-state index contributed by atoms with van der Waals surface area (Å²) in [5, 5.41) is 16.8. The predicted octanol–water partition coefficient (Wildman–Crippen LogP) is 3.91. The Kier molecular flexibility index (Phi) is 7.47. The van der Waals surface area contributed by atoms with E-state index in [0.29, 0.717) is 41.9 Å². The third kappa shape index (κ3) is 5.29. The van der Waals surface area contributed by atoms with E-state index >= 15 is 0 Å². The van der Waals surface area contributed by atoms with Gasteiger partial charge in [-0.1, -0.05) is 48.0 Å². The minimum Gasteiger partial charge on any atom is -0.481 e. The number of nitrogens with one attached hydrogen (secondary N) is 1. The standard InChI is InChI=1S/C29H28ClN5O4/c1-17-20(6-5-9-24(17)32-27(37)23-12-13-31-34(2)29(23)38)21-7-4-8-22(26(21)30)25-11-10-18(28(33-25)39-3)14-35-15-19(36)16-35/h4-13,19,36H,14-16H2,1-3H3,(H,32,37). The van der Waals surface area contributed by atoms with Crippen molar-refractivity contribution in [3.8, 4) is 28.3 Å². The van der Waals surface area contributed by atoms with Gasteiger partial charge in [0.25, 0.3) is 11.5 Å². The van der Waals surface area contributed by atoms with Crippen molar-refractivity contribution in [1.82, 2.24) is 19.7 Å². The second-order valence-corrected chi connectivity index (χ2v) is 9.86. The lowest BCUT2D eigenvalue weighted by Crippen LogP contribution is -2.49. The number of amides is 1. The number of β-amino-alcohol motifs (C(OH)–C–C–N with tert-alkyl or cyclic N) is 1. The molecule has 3 heterocycles. The number of pyridine rings is 1. The van der Waals surface area contributed by atoms with Gasteiger partial charge in [0.05, 0.1) is 23.9 Å². The Morgan fingerprint density at radius 1 is 1.10 bits per heavy atom. The minimum absolute atomic E-state index is 0.00564. The van der Waals surface area contributed by atoms with E-state index in [2.05, 4.69) is 15.3 Å². The normalized spacial score (nSPS) is 13.7. The molecule has 1 amide bonds. The molecule has 0 radical (unpaired) electrons. The van der Waals surface area contributed by atoms with E-state index in [4.69, 9.17) is 21.3 Å². The van der Waals surface area contributed by atoms with Crippen LogP contribution in [0.15, 0.2) is 65.6 Å². The van der Waals surface area contributed by atoms with Crippen LogP contribution in [0.4, 0.5) is 5.69 Å². The highest BCUT2D eigenvalue weighted by Gasteiger charge is 2.25. The van der Waals surface area contributed by atoms with E-state index < -0.39 is 11.5 Å². The van der Waals surface area contributed by atoms with E-state index in [0.717, 1.165) is 32.5 Å². The smallest absolute Gasteiger partial charge is 0.279 e. The molecule has 2 aromatic heterocycles. The molecule has 1 aliphatic rings. The van der Waals surface area contributed by atoms with Crippen molar-refractivity contribution in [1.29, 1.82) is 0 Å². The van der Waals surface area contributed by atoms with Gasteiger partial charge >= 0.3 is 0 Å². The molecule has 2 aromatic carbocycles. The third-order valence-electron chi connectivity index (χ3n) is 6.86. The number of benzene rings is 2. The van der Waals surface area contributed by atoms with Crippen LogP contribution in [0.3, 0.4) is 0 Å². The molecule has 1 fully saturated rings. The molecular weight excluding hydrogens is 518 g/mol. The zero-order valence-electron chi connectivity index (χ0n) is 21.8. The number of aliphatic hydroxyl groups is 1. The Hall–Kier alpha value is -4.05. The van der Waals surface area contributed by atoms with Crippen molar-refractivity contribution in [3.63, 3.8) is 0 Å². The van der Waals surface area contributed by atoms with Gasteiger partial charge in [0.15, 0.2) is 0 Å². The van der Waals surface area contributed by atoms with Crippen LogP contribution < -0.4 is 15.6 Å². The SMILES string of the molecule is COc1nc(-c2cccc(-c3cccc(NC(=O)c4ccnn(C)c4=O)c3C)c2Cl)ccc1CN1CC(O)C1. The highest BCUT2D eigenvalue weighted by atomic mass is 35.5. The van der Waals surface area contributed by atoms with Gasteiger partial charge in [-0.25, -0.2) is 9.67 Å². The van der Waals surface area contributed by atoms with E-state index in [-0.39, 0.29) is 11.7 Å². The van der Waals surface area contributed by atoms with Crippen molar-refractivity contribution < 1.29 is 14.6 Å². The van der Waals surface area contributed by atoms with Crippen molar-refractivity contribution in [2.75, 3.05) is 25.5 Å². The summed E-state index contributed by atoms with van der Waals surface area (Å²) in [5.41, 5.74) is 4.86. The van der Waals surface area contributed by atoms with Crippen molar-refractivity contribution in [2.24, 2.45) is 7.05 Å². The number of anilines is 1. The predicted molar refractivity (Wildman–Crippen MR) is 150 cm³/mol. The highest BCUT2D eigenvalue weighted by molar-refractivity contribution is 6.36. The van der Waals surface area contributed by atoms with Crippen LogP contribution in [0.25, 0.3) is 22.4 Å². The molecule has 0 unspecified atom stereocenters. The average molecular weight is 546 g/mol. The van der Waals surface area contributed by atoms with Crippen LogP contribution in [0, 0.1) is 6.92 Å². The first-order chi connectivity index (χ1) is 18.8. The molecular formula is C29H28ClN5O4. The van der Waals surface area contributed by atoms with Crippen LogP contribution in [0.1, 0.15) is 21.5 Å². The number of ether oxygens (including phenoxy) is 1. The van der Waals surface area contributed by atoms with Crippen LogP contribution in [0.5, 0.6) is 5.88 Å². The maximum atomic E-state index is 12.9. The molecule has 200 valence electrons. The molecule has 0 aliphatic carbocycles. The summed E-state index contributed by atoms with van der Waals surface area (Å²) in [5.74, 6) is 0.000670. The van der Waals surface area contributed by atoms with E-state index in [1.807, 2.05) is 49.4 Å². The highest BCUT2D eigenvalue weighted by Crippen LogP contribution is 2.39. The molecule has 0 atom stereocenters. The fourth-order valence-corrected chi connectivity index (χ4v) is 5.02. The number of nitrogens with zero attached hydrogens (tertiary/aromatic N) is 4. The fourth-order valence-electron chi connectivity index (χ4n) is 4.70. The quantitative estimate of drug-likeness (QED) is 0.362. The zero-order chi connectivity index (χ0) is 27.7. The van der Waals surface area contributed by atoms with Crippen LogP contribution in [-0.4, -0.2) is 57.0 Å². The number of aliphatic hydroxyl groups excluding tert-OH is 1. The third-order valence-corrected chi connectivity index (χ3v) is 7.27. The number of aromatic nitrogens is 3. The molecule has 0 saturated carbocycles. The first-order valence-electron chi connectivity index (χ1n) is 12.4. The molecule has 5 rings (SSSR count). The number of rotatable bonds is 7. The maximum absolute atomic E-state index is 12.9. The molecule has 2 N–H and O–H groups in total. The zero-order valence-corrected chi connectivity index (χ0v) is 22.6. The lowest BCUT2D eigenvalue weighted by atomic mass is 9.96. The number of carbonyl (C=O) groups excluding carboxylic acids is 1. The van der Waals surface area contributed by atoms with Gasteiger partial charge in [-0.15, -0.1) is 0 Å². The Labute approximate surface area is 230 Å². The van der Waals surface area contributed by atoms with Gasteiger partial charge < -0.3 is 15.2 Å². The average Bonchev–Trinajstić information content (AvgIpc) is 2.91. The van der Waals surface area contributed by atoms with Gasteiger partial charge in [0.1, 0.15) is 5.56 Å². The van der Waals surface area contributed by atoms with Crippen LogP contribution >= 0.6 is 11.6 Å². The number of methoxy groups -OCH3 is 1. The summed E-state index contributed by atoms with van der Waals surface area (Å²) in [7, 11) is 3.08. The summed E-state index contributed by atoms with van der Waals surface area (Å²) in [6.07, 6.45) is 1.14. The molecule has 39 heavy (non-hydrogen) atoms. The Morgan fingerprint density at radius 3 is 2.56 bits per heavy atom. The number of halogens is 1. The van der Waals surface area contributed by atoms with Crippen molar-refractivity contribution in [2.45, 2.75) is 19.6 Å². The molecule has 9 nitrogen and oxygen atoms in total. The van der Waals surface area contributed by atoms with Crippen molar-refractivity contribution >= 4 is 23.2 Å². The summed E-state index contributed by atoms with van der Waals surface area (Å²) in [6.45, 7) is 3.81. The minimum atomic E-state index is -0.512. The van der Waals surface area contributed by atoms with E-state index in [1.165, 1.54) is 19.3 Å². The molecule has 0 spiro atoms. The van der Waals surface area contributed by atoms with Gasteiger partial charge in [0, 0.05) is 55.3 Å². The molecule has 4 aromatic rings. The largest absolute Gasteiger partial charge is 0.481 e. The molecule has 10 heteroatoms. The van der Waals surface area contributed by atoms with E-state index in [1.54, 1.807) is 13.2 Å². The summed E-state index contributed by atoms with van der Waals surface area (Å²) in [4.78, 5) is 32.1. The first kappa shape index (κ1) is 26.6. The lowest BCUT2D eigenvalue weighted by molar-refractivity contribution is -0.00330. The Bertz CT molecular complexity index is 1610. The number of likely N-dealkylation sites (tertiary alicyclic amines) is 1. The Morgan fingerprint density at radius 2 is 1.82 bits per heavy atom. The first-order valence-corrected chi connectivity index (χ1v) is 12.8. The molecule has 1 aliphatic heterocycles. The summed E-state index contributed by atoms with van der Waals surface area (Å²) in [6, 6.07) is 16.6. The number of hydrogen-bond donors (Lipinski definition) is 2. The number of aryl methyl sites for hydroxylation is 1. The number of carbonyl (C=O) groups is 1. The van der Waals surface area contributed by atoms with Gasteiger partial charge in [-0.05, 0) is 36.2 Å². The lowest BCUT2D eigenvalue weighted by Gasteiger charge is -2.35. The Balaban J connectivity index is 1.45. The second kappa shape index (κ2) is 11.0. The van der Waals surface area contributed by atoms with Gasteiger partial charge in [-0.2, -0.15) is 5.10 Å². The van der Waals surface area contributed by atoms with Gasteiger partial charge in [-0.3, -0.25) is 14.5 Å². The van der Waals surface area contributed by atoms with Gasteiger partial charge in [0.2, 0.25) is 5.88 Å². The van der Waals surface area contributed by atoms with Crippen LogP contribution in [-0.2, 0) is 13.6 Å². The summed E-state index contributed by atoms with van der Waals surface area (Å²) < 4.78 is 6.69. The monoisotopic (exact) mass is 545 g/mol. The van der Waals surface area contributed by atoms with Crippen LogP contribution in [0.2, 0.25) is 5.02 Å². The second-order valence-electron chi connectivity index (χ2n) is 9.49. The number of hydrogen-bond acceptors (Lipinski definition) is 7. The van der Waals surface area contributed by atoms with E-state index in [9.17, 15) is 14.7 Å². The maximum Gasteiger partial charge on any atom is 0.279 e. The molecule has 0 bridgehead atoms. The topological polar surface area (TPSA) is 110 Å².